The molecular weight excluding hydrogens is 387 g/mol. The normalized spacial score (nSPS) is 11.6. The van der Waals surface area contributed by atoms with Crippen molar-refractivity contribution in [2.75, 3.05) is 5.32 Å². The molecule has 3 rings (SSSR count). The Morgan fingerprint density at radius 3 is 2.56 bits per heavy atom. The molecule has 1 heterocycles. The summed E-state index contributed by atoms with van der Waals surface area (Å²) in [4.78, 5) is 39.1. The third-order valence-electron chi connectivity index (χ3n) is 3.76. The Kier molecular flexibility index (Phi) is 4.79. The summed E-state index contributed by atoms with van der Waals surface area (Å²) in [5.74, 6) is -0.876. The van der Waals surface area contributed by atoms with Gasteiger partial charge < -0.3 is 10.3 Å². The maximum atomic E-state index is 12.8. The maximum Gasteiger partial charge on any atom is 0.416 e. The number of nitrogens with zero attached hydrogens (tertiary/aromatic N) is 1. The van der Waals surface area contributed by atoms with Gasteiger partial charge in [0.05, 0.1) is 27.2 Å². The number of nitrogens with one attached hydrogen (secondary N) is 2. The molecule has 0 aliphatic heterocycles. The van der Waals surface area contributed by atoms with Gasteiger partial charge in [-0.05, 0) is 30.3 Å². The van der Waals surface area contributed by atoms with Gasteiger partial charge in [-0.25, -0.2) is 4.79 Å². The number of H-pyrrole nitrogens is 1. The number of carbonyl (C=O) groups excluding carboxylic acids is 1. The fourth-order valence-electron chi connectivity index (χ4n) is 2.47. The molecule has 1 aromatic heterocycles. The number of rotatable bonds is 3. The lowest BCUT2D eigenvalue weighted by atomic mass is 10.2. The number of hydrogen-bond donors (Lipinski definition) is 2. The molecule has 140 valence electrons. The van der Waals surface area contributed by atoms with Gasteiger partial charge in [0.15, 0.2) is 0 Å². The molecule has 3 aromatic rings. The van der Waals surface area contributed by atoms with E-state index in [2.05, 4.69) is 10.3 Å². The highest BCUT2D eigenvalue weighted by Gasteiger charge is 2.31. The lowest BCUT2D eigenvalue weighted by molar-refractivity contribution is -0.137. The summed E-state index contributed by atoms with van der Waals surface area (Å²) in [5.41, 5.74) is -2.47. The van der Waals surface area contributed by atoms with Crippen molar-refractivity contribution in [3.05, 3.63) is 73.9 Å². The molecule has 0 saturated carbocycles. The second kappa shape index (κ2) is 6.92. The van der Waals surface area contributed by atoms with Crippen molar-refractivity contribution in [1.82, 2.24) is 9.55 Å². The molecule has 0 fully saturated rings. The summed E-state index contributed by atoms with van der Waals surface area (Å²) < 4.78 is 39.0. The van der Waals surface area contributed by atoms with E-state index in [1.165, 1.54) is 12.1 Å². The zero-order chi connectivity index (χ0) is 19.8. The van der Waals surface area contributed by atoms with Gasteiger partial charge in [0, 0.05) is 0 Å². The van der Waals surface area contributed by atoms with Crippen molar-refractivity contribution in [1.29, 1.82) is 0 Å². The zero-order valence-corrected chi connectivity index (χ0v) is 14.2. The molecule has 2 N–H and O–H groups in total. The molecule has 2 aromatic carbocycles. The fraction of sp³-hybridized carbons (Fsp3) is 0.118. The van der Waals surface area contributed by atoms with Crippen LogP contribution >= 0.6 is 11.6 Å². The van der Waals surface area contributed by atoms with Crippen molar-refractivity contribution in [2.45, 2.75) is 12.7 Å². The van der Waals surface area contributed by atoms with Gasteiger partial charge in [-0.15, -0.1) is 0 Å². The van der Waals surface area contributed by atoms with E-state index in [-0.39, 0.29) is 16.1 Å². The summed E-state index contributed by atoms with van der Waals surface area (Å²) >= 11 is 5.82. The van der Waals surface area contributed by atoms with E-state index >= 15 is 0 Å². The fourth-order valence-corrected chi connectivity index (χ4v) is 2.64. The van der Waals surface area contributed by atoms with Gasteiger partial charge in [-0.2, -0.15) is 13.2 Å². The first kappa shape index (κ1) is 18.7. The van der Waals surface area contributed by atoms with Crippen molar-refractivity contribution in [3.63, 3.8) is 0 Å². The number of hydrogen-bond acceptors (Lipinski definition) is 3. The number of para-hydroxylation sites is 1. The topological polar surface area (TPSA) is 84.0 Å². The minimum Gasteiger partial charge on any atom is -0.323 e. The Balaban J connectivity index is 1.90. The number of aromatic amines is 1. The van der Waals surface area contributed by atoms with Crippen LogP contribution in [0.1, 0.15) is 5.56 Å². The number of alkyl halides is 3. The van der Waals surface area contributed by atoms with Crippen molar-refractivity contribution in [3.8, 4) is 0 Å². The van der Waals surface area contributed by atoms with E-state index in [1.54, 1.807) is 12.1 Å². The summed E-state index contributed by atoms with van der Waals surface area (Å²) in [7, 11) is 0. The van der Waals surface area contributed by atoms with Gasteiger partial charge in [0.1, 0.15) is 6.54 Å². The van der Waals surface area contributed by atoms with Crippen LogP contribution in [0.3, 0.4) is 0 Å². The first-order chi connectivity index (χ1) is 12.7. The van der Waals surface area contributed by atoms with Crippen molar-refractivity contribution in [2.24, 2.45) is 0 Å². The van der Waals surface area contributed by atoms with E-state index < -0.39 is 35.4 Å². The monoisotopic (exact) mass is 397 g/mol. The Labute approximate surface area is 154 Å². The Morgan fingerprint density at radius 2 is 1.85 bits per heavy atom. The first-order valence-electron chi connectivity index (χ1n) is 7.55. The van der Waals surface area contributed by atoms with E-state index in [4.69, 9.17) is 11.6 Å². The number of halogens is 4. The highest BCUT2D eigenvalue weighted by molar-refractivity contribution is 6.33. The number of benzene rings is 2. The van der Waals surface area contributed by atoms with Crippen LogP contribution in [0, 0.1) is 0 Å². The highest BCUT2D eigenvalue weighted by Crippen LogP contribution is 2.33. The molecule has 0 aliphatic carbocycles. The number of anilines is 1. The number of amides is 1. The molecule has 6 nitrogen and oxygen atoms in total. The smallest absolute Gasteiger partial charge is 0.323 e. The Bertz CT molecular complexity index is 1150. The van der Waals surface area contributed by atoms with Gasteiger partial charge >= 0.3 is 11.9 Å². The summed E-state index contributed by atoms with van der Waals surface area (Å²) in [6.07, 6.45) is -4.61. The van der Waals surface area contributed by atoms with Gasteiger partial charge in [-0.1, -0.05) is 23.7 Å². The molecule has 0 unspecified atom stereocenters. The number of fused-ring (bicyclic) bond motifs is 1. The van der Waals surface area contributed by atoms with Crippen LogP contribution in [0.4, 0.5) is 18.9 Å². The molecule has 0 radical (unpaired) electrons. The molecule has 0 spiro atoms. The number of carbonyl (C=O) groups is 1. The minimum atomic E-state index is -4.61. The van der Waals surface area contributed by atoms with E-state index in [0.717, 1.165) is 12.1 Å². The van der Waals surface area contributed by atoms with Gasteiger partial charge in [-0.3, -0.25) is 14.2 Å². The van der Waals surface area contributed by atoms with Gasteiger partial charge in [0.25, 0.3) is 5.56 Å². The quantitative estimate of drug-likeness (QED) is 0.712. The second-order valence-corrected chi connectivity index (χ2v) is 6.01. The van der Waals surface area contributed by atoms with Gasteiger partial charge in [0.2, 0.25) is 5.91 Å². The second-order valence-electron chi connectivity index (χ2n) is 5.61. The van der Waals surface area contributed by atoms with Crippen LogP contribution in [0.25, 0.3) is 10.9 Å². The van der Waals surface area contributed by atoms with E-state index in [9.17, 15) is 27.6 Å². The lowest BCUT2D eigenvalue weighted by Crippen LogP contribution is -2.38. The van der Waals surface area contributed by atoms with Crippen molar-refractivity contribution >= 4 is 34.1 Å². The van der Waals surface area contributed by atoms with Crippen LogP contribution in [0.5, 0.6) is 0 Å². The standard InChI is InChI=1S/C17H11ClF3N3O3/c18-11-6-5-9(17(19,20)21)7-13(11)22-14(25)8-24-15(26)10-3-1-2-4-12(10)23-16(24)27/h1-7H,8H2,(H,22,25)(H,23,27). The lowest BCUT2D eigenvalue weighted by Gasteiger charge is -2.12. The molecule has 1 amide bonds. The van der Waals surface area contributed by atoms with E-state index in [1.807, 2.05) is 0 Å². The molecular formula is C17H11ClF3N3O3. The maximum absolute atomic E-state index is 12.8. The zero-order valence-electron chi connectivity index (χ0n) is 13.4. The third-order valence-corrected chi connectivity index (χ3v) is 4.09. The van der Waals surface area contributed by atoms with Crippen molar-refractivity contribution < 1.29 is 18.0 Å². The van der Waals surface area contributed by atoms with Crippen LogP contribution in [0.15, 0.2) is 52.1 Å². The summed E-state index contributed by atoms with van der Waals surface area (Å²) in [6, 6.07) is 8.68. The Morgan fingerprint density at radius 1 is 1.15 bits per heavy atom. The van der Waals surface area contributed by atoms with Crippen LogP contribution in [-0.2, 0) is 17.5 Å². The van der Waals surface area contributed by atoms with Crippen LogP contribution in [-0.4, -0.2) is 15.5 Å². The molecule has 0 aliphatic rings. The predicted octanol–water partition coefficient (Wildman–Crippen LogP) is 3.00. The van der Waals surface area contributed by atoms with Crippen LogP contribution < -0.4 is 16.6 Å². The summed E-state index contributed by atoms with van der Waals surface area (Å²) in [5, 5.41) is 2.27. The minimum absolute atomic E-state index is 0.115. The third kappa shape index (κ3) is 3.87. The summed E-state index contributed by atoms with van der Waals surface area (Å²) in [6.45, 7) is -0.689. The first-order valence-corrected chi connectivity index (χ1v) is 7.93. The molecule has 27 heavy (non-hydrogen) atoms. The van der Waals surface area contributed by atoms with Crippen LogP contribution in [0.2, 0.25) is 5.02 Å². The number of aromatic nitrogens is 2. The molecule has 0 bridgehead atoms. The average molecular weight is 398 g/mol. The highest BCUT2D eigenvalue weighted by atomic mass is 35.5. The molecule has 0 atom stereocenters. The largest absolute Gasteiger partial charge is 0.416 e. The van der Waals surface area contributed by atoms with E-state index in [0.29, 0.717) is 16.2 Å². The SMILES string of the molecule is O=C(Cn1c(=O)[nH]c2ccccc2c1=O)Nc1cc(C(F)(F)F)ccc1Cl. The molecule has 0 saturated heterocycles. The molecule has 10 heteroatoms. The predicted molar refractivity (Wildman–Crippen MR) is 93.9 cm³/mol. The average Bonchev–Trinajstić information content (AvgIpc) is 2.59. The Hall–Kier alpha value is -3.07.